The van der Waals surface area contributed by atoms with Gasteiger partial charge in [0.25, 0.3) is 0 Å². The predicted octanol–water partition coefficient (Wildman–Crippen LogP) is 4.25. The highest BCUT2D eigenvalue weighted by molar-refractivity contribution is 6.33. The van der Waals surface area contributed by atoms with Gasteiger partial charge in [0.15, 0.2) is 11.5 Å². The van der Waals surface area contributed by atoms with Crippen molar-refractivity contribution in [3.05, 3.63) is 58.8 Å². The number of aromatic nitrogens is 4. The molecule has 2 aromatic carbocycles. The van der Waals surface area contributed by atoms with Gasteiger partial charge < -0.3 is 0 Å². The van der Waals surface area contributed by atoms with E-state index < -0.39 is 0 Å². The number of para-hydroxylation sites is 1. The Bertz CT molecular complexity index is 978. The summed E-state index contributed by atoms with van der Waals surface area (Å²) in [6, 6.07) is 15.1. The second kappa shape index (κ2) is 4.69. The van der Waals surface area contributed by atoms with Gasteiger partial charge in [-0.3, -0.25) is 0 Å². The van der Waals surface area contributed by atoms with E-state index in [1.54, 1.807) is 6.07 Å². The molecule has 2 aromatic heterocycles. The minimum absolute atomic E-state index is 0.273. The van der Waals surface area contributed by atoms with Gasteiger partial charge in [0.1, 0.15) is 0 Å². The molecule has 0 spiro atoms. The van der Waals surface area contributed by atoms with Crippen LogP contribution >= 0.6 is 23.2 Å². The fourth-order valence-corrected chi connectivity index (χ4v) is 2.71. The number of rotatable bonds is 1. The Balaban J connectivity index is 2.09. The molecule has 0 amide bonds. The fraction of sp³-hybridized carbons (Fsp3) is 0. The first-order valence-corrected chi connectivity index (χ1v) is 7.05. The van der Waals surface area contributed by atoms with Crippen molar-refractivity contribution >= 4 is 39.8 Å². The highest BCUT2D eigenvalue weighted by Crippen LogP contribution is 2.28. The van der Waals surface area contributed by atoms with Crippen LogP contribution < -0.4 is 0 Å². The second-order valence-corrected chi connectivity index (χ2v) is 5.29. The molecule has 0 N–H and O–H groups in total. The maximum atomic E-state index is 6.21. The van der Waals surface area contributed by atoms with Crippen molar-refractivity contribution in [2.45, 2.75) is 0 Å². The second-order valence-electron chi connectivity index (χ2n) is 4.55. The maximum absolute atomic E-state index is 6.21. The zero-order chi connectivity index (χ0) is 14.4. The number of benzene rings is 2. The average Bonchev–Trinajstić information content (AvgIpc) is 2.94. The van der Waals surface area contributed by atoms with E-state index in [1.165, 1.54) is 4.52 Å². The summed E-state index contributed by atoms with van der Waals surface area (Å²) in [6.07, 6.45) is 0. The molecule has 2 heterocycles. The van der Waals surface area contributed by atoms with Crippen LogP contribution in [-0.2, 0) is 0 Å². The van der Waals surface area contributed by atoms with Crippen molar-refractivity contribution in [1.29, 1.82) is 0 Å². The summed E-state index contributed by atoms with van der Waals surface area (Å²) in [5, 5.41) is 6.19. The molecule has 0 radical (unpaired) electrons. The number of hydrogen-bond donors (Lipinski definition) is 0. The first-order chi connectivity index (χ1) is 10.2. The van der Waals surface area contributed by atoms with Gasteiger partial charge in [-0.25, -0.2) is 9.97 Å². The molecule has 4 aromatic rings. The Morgan fingerprint density at radius 1 is 0.857 bits per heavy atom. The molecule has 0 bridgehead atoms. The van der Waals surface area contributed by atoms with Crippen LogP contribution in [0.2, 0.25) is 10.3 Å². The first kappa shape index (κ1) is 12.6. The summed E-state index contributed by atoms with van der Waals surface area (Å²) in [5.74, 6) is 0.528. The first-order valence-electron chi connectivity index (χ1n) is 6.30. The third-order valence-corrected chi connectivity index (χ3v) is 3.83. The van der Waals surface area contributed by atoms with Crippen LogP contribution in [0, 0.1) is 0 Å². The van der Waals surface area contributed by atoms with E-state index in [2.05, 4.69) is 15.1 Å². The van der Waals surface area contributed by atoms with Crippen molar-refractivity contribution < 1.29 is 0 Å². The van der Waals surface area contributed by atoms with Crippen LogP contribution in [0.5, 0.6) is 0 Å². The van der Waals surface area contributed by atoms with Gasteiger partial charge in [-0.15, -0.1) is 5.10 Å². The van der Waals surface area contributed by atoms with E-state index in [0.717, 1.165) is 16.5 Å². The lowest BCUT2D eigenvalue weighted by molar-refractivity contribution is 0.939. The summed E-state index contributed by atoms with van der Waals surface area (Å²) in [5.41, 5.74) is 2.22. The molecular weight excluding hydrogens is 307 g/mol. The molecule has 102 valence electrons. The van der Waals surface area contributed by atoms with Crippen LogP contribution in [0.25, 0.3) is 27.9 Å². The largest absolute Gasteiger partial charge is 0.226 e. The van der Waals surface area contributed by atoms with Crippen LogP contribution in [0.4, 0.5) is 0 Å². The number of halogens is 2. The van der Waals surface area contributed by atoms with Crippen molar-refractivity contribution in [3.8, 4) is 11.4 Å². The van der Waals surface area contributed by atoms with Crippen molar-refractivity contribution in [2.24, 2.45) is 0 Å². The molecule has 0 atom stereocenters. The normalized spacial score (nSPS) is 11.3. The van der Waals surface area contributed by atoms with Gasteiger partial charge >= 0.3 is 0 Å². The number of hydrogen-bond acceptors (Lipinski definition) is 3. The molecule has 4 nitrogen and oxygen atoms in total. The summed E-state index contributed by atoms with van der Waals surface area (Å²) >= 11 is 12.4. The van der Waals surface area contributed by atoms with E-state index in [1.807, 2.05) is 42.5 Å². The molecule has 0 aliphatic rings. The zero-order valence-corrected chi connectivity index (χ0v) is 12.2. The summed E-state index contributed by atoms with van der Waals surface area (Å²) < 4.78 is 1.53. The van der Waals surface area contributed by atoms with Gasteiger partial charge in [0, 0.05) is 10.9 Å². The molecule has 0 saturated heterocycles. The quantitative estimate of drug-likeness (QED) is 0.493. The minimum Gasteiger partial charge on any atom is -0.218 e. The highest BCUT2D eigenvalue weighted by Gasteiger charge is 2.14. The summed E-state index contributed by atoms with van der Waals surface area (Å²) in [4.78, 5) is 8.90. The maximum Gasteiger partial charge on any atom is 0.226 e. The van der Waals surface area contributed by atoms with Gasteiger partial charge in [-0.1, -0.05) is 35.9 Å². The van der Waals surface area contributed by atoms with Crippen LogP contribution in [0.3, 0.4) is 0 Å². The molecule has 0 unspecified atom stereocenters. The number of nitrogens with zero attached hydrogens (tertiary/aromatic N) is 4. The third-order valence-electron chi connectivity index (χ3n) is 3.25. The molecular formula is C15H8Cl2N4. The van der Waals surface area contributed by atoms with Crippen LogP contribution in [-0.4, -0.2) is 19.6 Å². The Labute approximate surface area is 130 Å². The van der Waals surface area contributed by atoms with E-state index in [0.29, 0.717) is 16.5 Å². The zero-order valence-electron chi connectivity index (χ0n) is 10.7. The van der Waals surface area contributed by atoms with E-state index in [-0.39, 0.29) is 5.28 Å². The average molecular weight is 315 g/mol. The molecule has 0 aliphatic heterocycles. The van der Waals surface area contributed by atoms with Gasteiger partial charge in [-0.05, 0) is 35.9 Å². The molecule has 21 heavy (non-hydrogen) atoms. The van der Waals surface area contributed by atoms with Crippen molar-refractivity contribution in [2.75, 3.05) is 0 Å². The Hall–Kier alpha value is -2.17. The Kier molecular flexibility index (Phi) is 2.80. The van der Waals surface area contributed by atoms with E-state index >= 15 is 0 Å². The lowest BCUT2D eigenvalue weighted by Crippen LogP contribution is -1.94. The van der Waals surface area contributed by atoms with E-state index in [9.17, 15) is 0 Å². The Morgan fingerprint density at radius 2 is 1.62 bits per heavy atom. The molecule has 0 fully saturated rings. The SMILES string of the molecule is Clc1ccccc1-c1nc2c3ccccc3nc(Cl)n2n1. The monoisotopic (exact) mass is 314 g/mol. The smallest absolute Gasteiger partial charge is 0.218 e. The molecule has 4 rings (SSSR count). The molecule has 6 heteroatoms. The fourth-order valence-electron chi connectivity index (χ4n) is 2.28. The van der Waals surface area contributed by atoms with Crippen LogP contribution in [0.15, 0.2) is 48.5 Å². The minimum atomic E-state index is 0.273. The molecule has 0 saturated carbocycles. The van der Waals surface area contributed by atoms with Gasteiger partial charge in [0.05, 0.1) is 10.5 Å². The topological polar surface area (TPSA) is 43.1 Å². The van der Waals surface area contributed by atoms with Crippen LogP contribution in [0.1, 0.15) is 0 Å². The Morgan fingerprint density at radius 3 is 2.48 bits per heavy atom. The lowest BCUT2D eigenvalue weighted by Gasteiger charge is -1.99. The summed E-state index contributed by atoms with van der Waals surface area (Å²) in [7, 11) is 0. The number of fused-ring (bicyclic) bond motifs is 3. The highest BCUT2D eigenvalue weighted by atomic mass is 35.5. The molecule has 0 aliphatic carbocycles. The van der Waals surface area contributed by atoms with Gasteiger partial charge in [0.2, 0.25) is 5.28 Å². The van der Waals surface area contributed by atoms with Gasteiger partial charge in [-0.2, -0.15) is 4.52 Å². The predicted molar refractivity (Wildman–Crippen MR) is 83.7 cm³/mol. The van der Waals surface area contributed by atoms with Crippen molar-refractivity contribution in [1.82, 2.24) is 19.6 Å². The van der Waals surface area contributed by atoms with E-state index in [4.69, 9.17) is 23.2 Å². The lowest BCUT2D eigenvalue weighted by atomic mass is 10.2. The standard InChI is InChI=1S/C15H8Cl2N4/c16-11-7-3-1-5-9(11)13-19-14-10-6-2-4-8-12(10)18-15(17)21(14)20-13/h1-8H. The third kappa shape index (κ3) is 1.95. The summed E-state index contributed by atoms with van der Waals surface area (Å²) in [6.45, 7) is 0. The van der Waals surface area contributed by atoms with Crippen molar-refractivity contribution in [3.63, 3.8) is 0 Å².